The summed E-state index contributed by atoms with van der Waals surface area (Å²) in [6.45, 7) is 7.81. The average molecular weight is 647 g/mol. The molecule has 1 aromatic carbocycles. The van der Waals surface area contributed by atoms with Crippen molar-refractivity contribution < 1.29 is 28.6 Å². The molecule has 1 atom stereocenters. The second-order valence-corrected chi connectivity index (χ2v) is 12.8. The van der Waals surface area contributed by atoms with Gasteiger partial charge in [-0.3, -0.25) is 14.5 Å². The van der Waals surface area contributed by atoms with Crippen molar-refractivity contribution in [1.82, 2.24) is 30.1 Å². The monoisotopic (exact) mass is 646 g/mol. The van der Waals surface area contributed by atoms with Crippen molar-refractivity contribution in [1.29, 1.82) is 0 Å². The molecule has 1 aliphatic carbocycles. The molecule has 2 aromatic heterocycles. The number of β-amino-alcohol motifs (C(OH)–C–C–N with tert-alkyl or cyclic N) is 1. The van der Waals surface area contributed by atoms with Gasteiger partial charge in [-0.1, -0.05) is 6.07 Å². The van der Waals surface area contributed by atoms with Crippen LogP contribution in [0, 0.1) is 12.8 Å². The van der Waals surface area contributed by atoms with Crippen LogP contribution >= 0.6 is 0 Å². The molecule has 0 radical (unpaired) electrons. The minimum absolute atomic E-state index is 0.0938. The molecule has 4 aliphatic rings. The molecule has 1 saturated carbocycles. The third-order valence-corrected chi connectivity index (χ3v) is 9.19. The zero-order valence-corrected chi connectivity index (χ0v) is 26.7. The lowest BCUT2D eigenvalue weighted by atomic mass is 9.99. The van der Waals surface area contributed by atoms with E-state index < -0.39 is 6.10 Å². The molecule has 3 N–H and O–H groups in total. The van der Waals surface area contributed by atoms with Crippen molar-refractivity contribution in [2.45, 2.75) is 51.5 Å². The number of aliphatic hydroxyl groups excluding tert-OH is 1. The number of aryl methyl sites for hydroxylation is 1. The van der Waals surface area contributed by atoms with Crippen molar-refractivity contribution in [2.24, 2.45) is 5.92 Å². The molecule has 3 aromatic rings. The Balaban J connectivity index is 0.919. The predicted octanol–water partition coefficient (Wildman–Crippen LogP) is 1.37. The SMILES string of the molecule is Cc1ncoc1COc1ccc2c(c1)CCN(C[C@@H](O)CNC(=O)c1cc(NC3COC3)nc(N3CCN(C(=O)C4CC4)CC3)n1)C2. The third kappa shape index (κ3) is 7.66. The fourth-order valence-electron chi connectivity index (χ4n) is 6.12. The van der Waals surface area contributed by atoms with Crippen molar-refractivity contribution in [3.63, 3.8) is 0 Å². The molecular formula is C33H42N8O6. The molecule has 47 heavy (non-hydrogen) atoms. The molecule has 250 valence electrons. The van der Waals surface area contributed by atoms with Crippen molar-refractivity contribution in [3.8, 4) is 5.75 Å². The molecule has 14 heteroatoms. The molecule has 0 bridgehead atoms. The maximum atomic E-state index is 13.3. The third-order valence-electron chi connectivity index (χ3n) is 9.19. The lowest BCUT2D eigenvalue weighted by Gasteiger charge is -2.35. The summed E-state index contributed by atoms with van der Waals surface area (Å²) in [6.07, 6.45) is 3.48. The van der Waals surface area contributed by atoms with Gasteiger partial charge < -0.3 is 39.4 Å². The molecule has 2 amide bonds. The van der Waals surface area contributed by atoms with E-state index >= 15 is 0 Å². The number of amides is 2. The van der Waals surface area contributed by atoms with Crippen molar-refractivity contribution >= 4 is 23.6 Å². The van der Waals surface area contributed by atoms with E-state index in [0.717, 1.165) is 37.3 Å². The number of rotatable bonds is 12. The summed E-state index contributed by atoms with van der Waals surface area (Å²) in [5, 5.41) is 17.1. The first kappa shape index (κ1) is 31.3. The van der Waals surface area contributed by atoms with E-state index in [0.29, 0.717) is 76.6 Å². The van der Waals surface area contributed by atoms with Crippen LogP contribution in [-0.4, -0.2) is 113 Å². The predicted molar refractivity (Wildman–Crippen MR) is 171 cm³/mol. The molecule has 5 heterocycles. The van der Waals surface area contributed by atoms with Crippen LogP contribution in [0.3, 0.4) is 0 Å². The number of aliphatic hydroxyl groups is 1. The van der Waals surface area contributed by atoms with Crippen LogP contribution in [0.15, 0.2) is 35.1 Å². The first-order chi connectivity index (χ1) is 22.9. The molecule has 14 nitrogen and oxygen atoms in total. The number of nitrogens with one attached hydrogen (secondary N) is 2. The van der Waals surface area contributed by atoms with Gasteiger partial charge in [-0.05, 0) is 49.4 Å². The molecule has 7 rings (SSSR count). The highest BCUT2D eigenvalue weighted by molar-refractivity contribution is 5.93. The highest BCUT2D eigenvalue weighted by atomic mass is 16.5. The summed E-state index contributed by atoms with van der Waals surface area (Å²) in [4.78, 5) is 45.3. The Morgan fingerprint density at radius 3 is 2.64 bits per heavy atom. The average Bonchev–Trinajstić information content (AvgIpc) is 3.84. The van der Waals surface area contributed by atoms with Gasteiger partial charge in [0.05, 0.1) is 31.1 Å². The number of hydrogen-bond acceptors (Lipinski definition) is 12. The Morgan fingerprint density at radius 1 is 1.09 bits per heavy atom. The lowest BCUT2D eigenvalue weighted by Crippen LogP contribution is -2.50. The summed E-state index contributed by atoms with van der Waals surface area (Å²) in [6, 6.07) is 7.86. The van der Waals surface area contributed by atoms with Crippen molar-refractivity contribution in [3.05, 3.63) is 58.9 Å². The second-order valence-electron chi connectivity index (χ2n) is 12.8. The maximum absolute atomic E-state index is 13.3. The molecule has 3 aliphatic heterocycles. The first-order valence-electron chi connectivity index (χ1n) is 16.5. The number of anilines is 2. The number of oxazole rings is 1. The lowest BCUT2D eigenvalue weighted by molar-refractivity contribution is -0.132. The van der Waals surface area contributed by atoms with Gasteiger partial charge >= 0.3 is 0 Å². The van der Waals surface area contributed by atoms with Crippen LogP contribution in [0.4, 0.5) is 11.8 Å². The van der Waals surface area contributed by atoms with E-state index in [9.17, 15) is 14.7 Å². The number of fused-ring (bicyclic) bond motifs is 1. The summed E-state index contributed by atoms with van der Waals surface area (Å²) in [7, 11) is 0. The Kier molecular flexibility index (Phi) is 9.23. The number of carbonyl (C=O) groups excluding carboxylic acids is 2. The van der Waals surface area contributed by atoms with E-state index in [-0.39, 0.29) is 36.0 Å². The van der Waals surface area contributed by atoms with Gasteiger partial charge in [0, 0.05) is 64.3 Å². The summed E-state index contributed by atoms with van der Waals surface area (Å²) < 4.78 is 16.6. The number of carbonyl (C=O) groups is 2. The number of benzene rings is 1. The number of hydrogen-bond donors (Lipinski definition) is 3. The normalized spacial score (nSPS) is 19.1. The largest absolute Gasteiger partial charge is 0.486 e. The summed E-state index contributed by atoms with van der Waals surface area (Å²) in [5.74, 6) is 2.57. The van der Waals surface area contributed by atoms with Crippen LogP contribution in [0.2, 0.25) is 0 Å². The number of piperazine rings is 1. The van der Waals surface area contributed by atoms with E-state index in [2.05, 4.69) is 37.6 Å². The molecular weight excluding hydrogens is 604 g/mol. The van der Waals surface area contributed by atoms with Crippen LogP contribution in [0.25, 0.3) is 0 Å². The van der Waals surface area contributed by atoms with Crippen molar-refractivity contribution in [2.75, 3.05) is 69.2 Å². The van der Waals surface area contributed by atoms with Gasteiger partial charge in [-0.2, -0.15) is 4.98 Å². The smallest absolute Gasteiger partial charge is 0.270 e. The van der Waals surface area contributed by atoms with Crippen LogP contribution < -0.4 is 20.3 Å². The highest BCUT2D eigenvalue weighted by Gasteiger charge is 2.35. The fourth-order valence-corrected chi connectivity index (χ4v) is 6.12. The molecule has 0 unspecified atom stereocenters. The van der Waals surface area contributed by atoms with Gasteiger partial charge in [0.2, 0.25) is 11.9 Å². The Bertz CT molecular complexity index is 1580. The van der Waals surface area contributed by atoms with E-state index in [1.54, 1.807) is 6.07 Å². The zero-order chi connectivity index (χ0) is 32.3. The number of ether oxygens (including phenoxy) is 2. The number of nitrogens with zero attached hydrogens (tertiary/aromatic N) is 6. The summed E-state index contributed by atoms with van der Waals surface area (Å²) >= 11 is 0. The van der Waals surface area contributed by atoms with Crippen LogP contribution in [0.1, 0.15) is 45.9 Å². The van der Waals surface area contributed by atoms with Gasteiger partial charge in [0.1, 0.15) is 23.9 Å². The number of aromatic nitrogens is 3. The minimum atomic E-state index is -0.753. The quantitative estimate of drug-likeness (QED) is 0.260. The van der Waals surface area contributed by atoms with Crippen LogP contribution in [0.5, 0.6) is 5.75 Å². The van der Waals surface area contributed by atoms with E-state index in [1.165, 1.54) is 17.5 Å². The van der Waals surface area contributed by atoms with Gasteiger partial charge in [0.15, 0.2) is 12.2 Å². The summed E-state index contributed by atoms with van der Waals surface area (Å²) in [5.41, 5.74) is 3.47. The van der Waals surface area contributed by atoms with Gasteiger partial charge in [-0.15, -0.1) is 0 Å². The second kappa shape index (κ2) is 13.8. The maximum Gasteiger partial charge on any atom is 0.270 e. The Labute approximate surface area is 273 Å². The molecule has 2 saturated heterocycles. The Hall–Kier alpha value is -4.27. The fraction of sp³-hybridized carbons (Fsp3) is 0.545. The van der Waals surface area contributed by atoms with Gasteiger partial charge in [0.25, 0.3) is 5.91 Å². The standard InChI is InChI=1S/C33H42N8O6/c1-21-29(47-20-35-21)19-46-27-5-4-24-15-39(7-6-23(24)12-27)16-26(42)14-34-31(43)28-13-30(36-25-17-45-18-25)38-33(37-28)41-10-8-40(9-11-41)32(44)22-2-3-22/h4-5,12-13,20,22,25-26,42H,2-3,6-11,14-19H2,1H3,(H,34,43)(H,36,37,38)/t26-/m0/s1. The first-order valence-corrected chi connectivity index (χ1v) is 16.5. The topological polar surface area (TPSA) is 158 Å². The minimum Gasteiger partial charge on any atom is -0.486 e. The molecule has 0 spiro atoms. The van der Waals surface area contributed by atoms with Gasteiger partial charge in [-0.25, -0.2) is 9.97 Å². The zero-order valence-electron chi connectivity index (χ0n) is 26.7. The van der Waals surface area contributed by atoms with Crippen LogP contribution in [-0.2, 0) is 29.1 Å². The van der Waals surface area contributed by atoms with E-state index in [1.807, 2.05) is 22.8 Å². The highest BCUT2D eigenvalue weighted by Crippen LogP contribution is 2.31. The Morgan fingerprint density at radius 2 is 1.91 bits per heavy atom. The van der Waals surface area contributed by atoms with E-state index in [4.69, 9.17) is 18.9 Å². The molecule has 3 fully saturated rings.